The highest BCUT2D eigenvalue weighted by Crippen LogP contribution is 2.56. The lowest BCUT2D eigenvalue weighted by atomic mass is 9.52. The molecule has 3 aliphatic carbocycles. The molecule has 0 aromatic rings. The Balaban J connectivity index is 2.00. The van der Waals surface area contributed by atoms with Gasteiger partial charge in [0.1, 0.15) is 0 Å². The summed E-state index contributed by atoms with van der Waals surface area (Å²) in [5.74, 6) is 0.240. The van der Waals surface area contributed by atoms with Crippen LogP contribution in [-0.2, 0) is 19.1 Å². The lowest BCUT2D eigenvalue weighted by molar-refractivity contribution is -0.140. The fourth-order valence-electron chi connectivity index (χ4n) is 5.20. The third-order valence-corrected chi connectivity index (χ3v) is 6.88. The van der Waals surface area contributed by atoms with Crippen molar-refractivity contribution >= 4 is 17.5 Å². The van der Waals surface area contributed by atoms with Crippen molar-refractivity contribution in [3.8, 4) is 0 Å². The number of allylic oxidation sites excluding steroid dienone is 5. The number of esters is 1. The highest BCUT2D eigenvalue weighted by Gasteiger charge is 2.48. The highest BCUT2D eigenvalue weighted by molar-refractivity contribution is 6.19. The van der Waals surface area contributed by atoms with Crippen LogP contribution >= 0.6 is 0 Å². The van der Waals surface area contributed by atoms with Crippen molar-refractivity contribution in [1.29, 1.82) is 0 Å². The maximum Gasteiger partial charge on any atom is 0.308 e. The zero-order valence-electron chi connectivity index (χ0n) is 16.1. The highest BCUT2D eigenvalue weighted by atomic mass is 16.5. The standard InChI is InChI=1S/C22H28O4/c1-13-6-5-7-18-16(13)9-8-14(2)22(18,4)12-17-19(24)10-11-20(25)21(17)26-15(3)23/h6,10-11,14,16,18H,5,7-9,12H2,1-4H3. The lowest BCUT2D eigenvalue weighted by Crippen LogP contribution is -2.45. The van der Waals surface area contributed by atoms with Crippen molar-refractivity contribution in [1.82, 2.24) is 0 Å². The maximum atomic E-state index is 12.6. The molecule has 1 fully saturated rings. The Morgan fingerprint density at radius 2 is 1.88 bits per heavy atom. The molecule has 0 amide bonds. The van der Waals surface area contributed by atoms with Crippen LogP contribution in [0.4, 0.5) is 0 Å². The van der Waals surface area contributed by atoms with Gasteiger partial charge in [-0.3, -0.25) is 14.4 Å². The molecule has 0 aromatic heterocycles. The van der Waals surface area contributed by atoms with E-state index < -0.39 is 11.8 Å². The third-order valence-electron chi connectivity index (χ3n) is 6.88. The summed E-state index contributed by atoms with van der Waals surface area (Å²) in [5, 5.41) is 0. The first-order chi connectivity index (χ1) is 12.2. The normalized spacial score (nSPS) is 34.5. The summed E-state index contributed by atoms with van der Waals surface area (Å²) in [6, 6.07) is 0. The van der Waals surface area contributed by atoms with Crippen molar-refractivity contribution in [3.05, 3.63) is 35.1 Å². The minimum atomic E-state index is -0.565. The van der Waals surface area contributed by atoms with Gasteiger partial charge in [0.25, 0.3) is 0 Å². The smallest absolute Gasteiger partial charge is 0.308 e. The van der Waals surface area contributed by atoms with Crippen LogP contribution in [-0.4, -0.2) is 17.5 Å². The van der Waals surface area contributed by atoms with E-state index in [0.717, 1.165) is 19.3 Å². The number of hydrogen-bond donors (Lipinski definition) is 0. The fourth-order valence-corrected chi connectivity index (χ4v) is 5.20. The molecule has 0 spiro atoms. The van der Waals surface area contributed by atoms with Gasteiger partial charge in [-0.15, -0.1) is 0 Å². The zero-order chi connectivity index (χ0) is 19.1. The second-order valence-electron chi connectivity index (χ2n) is 8.36. The third kappa shape index (κ3) is 3.22. The first-order valence-corrected chi connectivity index (χ1v) is 9.59. The Hall–Kier alpha value is -1.97. The molecular weight excluding hydrogens is 328 g/mol. The van der Waals surface area contributed by atoms with E-state index in [2.05, 4.69) is 26.8 Å². The van der Waals surface area contributed by atoms with Gasteiger partial charge < -0.3 is 4.74 Å². The van der Waals surface area contributed by atoms with Crippen LogP contribution in [0.5, 0.6) is 0 Å². The average molecular weight is 356 g/mol. The summed E-state index contributed by atoms with van der Waals surface area (Å²) in [4.78, 5) is 36.3. The average Bonchev–Trinajstić information content (AvgIpc) is 2.58. The molecule has 0 bridgehead atoms. The van der Waals surface area contributed by atoms with Gasteiger partial charge in [0.05, 0.1) is 0 Å². The predicted molar refractivity (Wildman–Crippen MR) is 99.0 cm³/mol. The summed E-state index contributed by atoms with van der Waals surface area (Å²) >= 11 is 0. The first-order valence-electron chi connectivity index (χ1n) is 9.59. The molecule has 3 aliphatic rings. The second kappa shape index (κ2) is 6.98. The summed E-state index contributed by atoms with van der Waals surface area (Å²) in [5.41, 5.74) is 1.73. The summed E-state index contributed by atoms with van der Waals surface area (Å²) in [7, 11) is 0. The monoisotopic (exact) mass is 356 g/mol. The molecule has 0 aromatic carbocycles. The molecule has 4 nitrogen and oxygen atoms in total. The molecule has 140 valence electrons. The maximum absolute atomic E-state index is 12.6. The number of carbonyl (C=O) groups excluding carboxylic acids is 3. The molecule has 0 radical (unpaired) electrons. The summed E-state index contributed by atoms with van der Waals surface area (Å²) in [6.07, 6.45) is 9.82. The Labute approximate surface area is 155 Å². The van der Waals surface area contributed by atoms with E-state index in [9.17, 15) is 14.4 Å². The van der Waals surface area contributed by atoms with Gasteiger partial charge in [0.15, 0.2) is 11.5 Å². The van der Waals surface area contributed by atoms with E-state index in [0.29, 0.717) is 29.7 Å². The summed E-state index contributed by atoms with van der Waals surface area (Å²) < 4.78 is 5.17. The van der Waals surface area contributed by atoms with Gasteiger partial charge in [0, 0.05) is 12.5 Å². The molecule has 0 heterocycles. The molecule has 0 aliphatic heterocycles. The summed E-state index contributed by atoms with van der Waals surface area (Å²) in [6.45, 7) is 7.98. The Bertz CT molecular complexity index is 739. The van der Waals surface area contributed by atoms with Crippen LogP contribution in [0.3, 0.4) is 0 Å². The topological polar surface area (TPSA) is 60.4 Å². The van der Waals surface area contributed by atoms with Crippen LogP contribution in [0.1, 0.15) is 59.8 Å². The molecule has 0 N–H and O–H groups in total. The Morgan fingerprint density at radius 3 is 2.58 bits per heavy atom. The Morgan fingerprint density at radius 1 is 1.19 bits per heavy atom. The number of rotatable bonds is 3. The van der Waals surface area contributed by atoms with Crippen molar-refractivity contribution < 1.29 is 19.1 Å². The number of carbonyl (C=O) groups is 3. The first kappa shape index (κ1) is 18.8. The van der Waals surface area contributed by atoms with Crippen molar-refractivity contribution in [2.24, 2.45) is 23.2 Å². The largest absolute Gasteiger partial charge is 0.422 e. The van der Waals surface area contributed by atoms with E-state index >= 15 is 0 Å². The van der Waals surface area contributed by atoms with E-state index in [1.165, 1.54) is 31.1 Å². The SMILES string of the molecule is CC(=O)OC1=C(CC2(C)C(C)CCC3C(C)=CCCC32)C(=O)C=CC1=O. The van der Waals surface area contributed by atoms with Gasteiger partial charge in [-0.25, -0.2) is 0 Å². The molecule has 1 saturated carbocycles. The predicted octanol–water partition coefficient (Wildman–Crippen LogP) is 4.31. The van der Waals surface area contributed by atoms with Crippen LogP contribution in [0.15, 0.2) is 35.1 Å². The van der Waals surface area contributed by atoms with Gasteiger partial charge in [-0.2, -0.15) is 0 Å². The van der Waals surface area contributed by atoms with Crippen molar-refractivity contribution in [3.63, 3.8) is 0 Å². The lowest BCUT2D eigenvalue weighted by Gasteiger charge is -2.52. The van der Waals surface area contributed by atoms with Crippen LogP contribution in [0.25, 0.3) is 0 Å². The molecule has 4 unspecified atom stereocenters. The quantitative estimate of drug-likeness (QED) is 0.429. The molecule has 4 atom stereocenters. The van der Waals surface area contributed by atoms with E-state index in [1.54, 1.807) is 0 Å². The number of hydrogen-bond acceptors (Lipinski definition) is 4. The number of fused-ring (bicyclic) bond motifs is 1. The molecular formula is C22H28O4. The van der Waals surface area contributed by atoms with Crippen LogP contribution in [0, 0.1) is 23.2 Å². The fraction of sp³-hybridized carbons (Fsp3) is 0.591. The van der Waals surface area contributed by atoms with Crippen molar-refractivity contribution in [2.45, 2.75) is 59.8 Å². The van der Waals surface area contributed by atoms with Gasteiger partial charge in [-0.05, 0) is 74.3 Å². The zero-order valence-corrected chi connectivity index (χ0v) is 16.1. The molecule has 26 heavy (non-hydrogen) atoms. The van der Waals surface area contributed by atoms with Crippen LogP contribution < -0.4 is 0 Å². The van der Waals surface area contributed by atoms with E-state index in [-0.39, 0.29) is 17.0 Å². The molecule has 0 saturated heterocycles. The molecule has 3 rings (SSSR count). The second-order valence-corrected chi connectivity index (χ2v) is 8.36. The number of ether oxygens (including phenoxy) is 1. The van der Waals surface area contributed by atoms with Gasteiger partial charge in [0.2, 0.25) is 5.78 Å². The Kier molecular flexibility index (Phi) is 5.05. The number of ketones is 2. The van der Waals surface area contributed by atoms with Gasteiger partial charge >= 0.3 is 5.97 Å². The van der Waals surface area contributed by atoms with Gasteiger partial charge in [-0.1, -0.05) is 25.5 Å². The van der Waals surface area contributed by atoms with E-state index in [1.807, 2.05) is 0 Å². The minimum Gasteiger partial charge on any atom is -0.422 e. The van der Waals surface area contributed by atoms with E-state index in [4.69, 9.17) is 4.74 Å². The van der Waals surface area contributed by atoms with Crippen LogP contribution in [0.2, 0.25) is 0 Å². The minimum absolute atomic E-state index is 0.0661. The molecule has 4 heteroatoms. The van der Waals surface area contributed by atoms with Crippen molar-refractivity contribution in [2.75, 3.05) is 0 Å².